The van der Waals surface area contributed by atoms with Crippen molar-refractivity contribution in [3.8, 4) is 28.7 Å². The average molecular weight is 440 g/mol. The summed E-state index contributed by atoms with van der Waals surface area (Å²) in [6.07, 6.45) is 5.18. The number of methoxy groups -OCH3 is 4. The van der Waals surface area contributed by atoms with Crippen molar-refractivity contribution in [1.82, 2.24) is 20.2 Å². The fourth-order valence-corrected chi connectivity index (χ4v) is 4.37. The molecule has 32 heavy (non-hydrogen) atoms. The van der Waals surface area contributed by atoms with Gasteiger partial charge in [-0.15, -0.1) is 5.10 Å². The number of anilines is 1. The Hall–Kier alpha value is -3.49. The molecule has 9 nitrogen and oxygen atoms in total. The number of hydrogen-bond acceptors (Lipinski definition) is 8. The maximum atomic E-state index is 5.49. The van der Waals surface area contributed by atoms with E-state index in [0.29, 0.717) is 23.0 Å². The molecule has 0 amide bonds. The molecular weight excluding hydrogens is 410 g/mol. The molecule has 1 heterocycles. The van der Waals surface area contributed by atoms with Crippen LogP contribution in [0.15, 0.2) is 36.4 Å². The van der Waals surface area contributed by atoms with Gasteiger partial charge in [-0.2, -0.15) is 4.68 Å². The zero-order valence-corrected chi connectivity index (χ0v) is 18.9. The maximum Gasteiger partial charge on any atom is 0.181 e. The molecule has 9 heteroatoms. The van der Waals surface area contributed by atoms with Gasteiger partial charge in [-0.1, -0.05) is 19.3 Å². The molecule has 0 saturated heterocycles. The lowest BCUT2D eigenvalue weighted by molar-refractivity contribution is 0.309. The third kappa shape index (κ3) is 4.02. The topological polar surface area (TPSA) is 92.6 Å². The number of benzene rings is 2. The highest BCUT2D eigenvalue weighted by Gasteiger charge is 2.39. The number of hydrogen-bond donors (Lipinski definition) is 1. The molecule has 1 aromatic heterocycles. The van der Waals surface area contributed by atoms with E-state index in [1.807, 2.05) is 36.4 Å². The first-order valence-electron chi connectivity index (χ1n) is 10.7. The van der Waals surface area contributed by atoms with Crippen molar-refractivity contribution in [3.05, 3.63) is 42.2 Å². The number of nitrogens with zero attached hydrogens (tertiary/aromatic N) is 4. The molecule has 1 fully saturated rings. The monoisotopic (exact) mass is 439 g/mol. The van der Waals surface area contributed by atoms with Gasteiger partial charge in [0, 0.05) is 17.8 Å². The molecule has 0 atom stereocenters. The normalized spacial score (nSPS) is 15.1. The van der Waals surface area contributed by atoms with Gasteiger partial charge in [0.15, 0.2) is 28.8 Å². The predicted octanol–water partition coefficient (Wildman–Crippen LogP) is 3.97. The summed E-state index contributed by atoms with van der Waals surface area (Å²) in [7, 11) is 6.49. The van der Waals surface area contributed by atoms with Crippen LogP contribution in [0.2, 0.25) is 0 Å². The third-order valence-electron chi connectivity index (χ3n) is 5.98. The molecule has 1 aliphatic carbocycles. The number of ether oxygens (including phenoxy) is 4. The van der Waals surface area contributed by atoms with Gasteiger partial charge in [-0.05, 0) is 47.5 Å². The molecule has 0 spiro atoms. The molecule has 0 aliphatic heterocycles. The van der Waals surface area contributed by atoms with Crippen LogP contribution in [0.25, 0.3) is 5.69 Å². The molecule has 170 valence electrons. The quantitative estimate of drug-likeness (QED) is 0.564. The first-order chi connectivity index (χ1) is 15.6. The van der Waals surface area contributed by atoms with Crippen LogP contribution in [0.4, 0.5) is 5.69 Å². The standard InChI is InChI=1S/C23H29N5O4/c1-29-18-10-8-16(14-20(18)31-3)24-23(12-6-5-7-13-23)22-25-26-27-28(22)17-9-11-19(30-2)21(15-17)32-4/h8-11,14-15,24H,5-7,12-13H2,1-4H3. The molecular formula is C23H29N5O4. The second kappa shape index (κ2) is 9.33. The molecule has 0 radical (unpaired) electrons. The van der Waals surface area contributed by atoms with E-state index in [0.717, 1.165) is 42.9 Å². The van der Waals surface area contributed by atoms with Crippen LogP contribution >= 0.6 is 0 Å². The number of aromatic nitrogens is 4. The van der Waals surface area contributed by atoms with Crippen molar-refractivity contribution < 1.29 is 18.9 Å². The second-order valence-corrected chi connectivity index (χ2v) is 7.79. The summed E-state index contributed by atoms with van der Waals surface area (Å²) in [5.41, 5.74) is 1.31. The summed E-state index contributed by atoms with van der Waals surface area (Å²) in [6, 6.07) is 11.5. The number of rotatable bonds is 8. The first kappa shape index (κ1) is 21.7. The van der Waals surface area contributed by atoms with Gasteiger partial charge in [0.2, 0.25) is 0 Å². The fraction of sp³-hybridized carbons (Fsp3) is 0.435. The van der Waals surface area contributed by atoms with E-state index in [4.69, 9.17) is 18.9 Å². The van der Waals surface area contributed by atoms with E-state index in [-0.39, 0.29) is 0 Å². The molecule has 1 saturated carbocycles. The summed E-state index contributed by atoms with van der Waals surface area (Å²) in [6.45, 7) is 0. The summed E-state index contributed by atoms with van der Waals surface area (Å²) < 4.78 is 23.5. The van der Waals surface area contributed by atoms with Gasteiger partial charge < -0.3 is 24.3 Å². The second-order valence-electron chi connectivity index (χ2n) is 7.79. The molecule has 2 aromatic carbocycles. The molecule has 4 rings (SSSR count). The molecule has 0 unspecified atom stereocenters. The Balaban J connectivity index is 1.75. The van der Waals surface area contributed by atoms with Crippen molar-refractivity contribution in [2.45, 2.75) is 37.6 Å². The van der Waals surface area contributed by atoms with Crippen LogP contribution in [0.1, 0.15) is 37.9 Å². The van der Waals surface area contributed by atoms with Crippen LogP contribution in [0, 0.1) is 0 Å². The lowest BCUT2D eigenvalue weighted by Gasteiger charge is -2.37. The predicted molar refractivity (Wildman–Crippen MR) is 120 cm³/mol. The van der Waals surface area contributed by atoms with Crippen LogP contribution in [0.5, 0.6) is 23.0 Å². The minimum Gasteiger partial charge on any atom is -0.493 e. The van der Waals surface area contributed by atoms with Gasteiger partial charge >= 0.3 is 0 Å². The summed E-state index contributed by atoms with van der Waals surface area (Å²) in [5.74, 6) is 3.40. The van der Waals surface area contributed by atoms with Gasteiger partial charge in [0.25, 0.3) is 0 Å². The maximum absolute atomic E-state index is 5.49. The minimum absolute atomic E-state index is 0.422. The highest BCUT2D eigenvalue weighted by molar-refractivity contribution is 5.57. The molecule has 1 aliphatic rings. The van der Waals surface area contributed by atoms with Crippen molar-refractivity contribution in [1.29, 1.82) is 0 Å². The molecule has 0 bridgehead atoms. The zero-order valence-electron chi connectivity index (χ0n) is 18.9. The van der Waals surface area contributed by atoms with Crippen LogP contribution < -0.4 is 24.3 Å². The number of nitrogens with one attached hydrogen (secondary N) is 1. The van der Waals surface area contributed by atoms with E-state index in [2.05, 4.69) is 20.8 Å². The van der Waals surface area contributed by atoms with Crippen molar-refractivity contribution in [2.75, 3.05) is 33.8 Å². The molecule has 1 N–H and O–H groups in total. The van der Waals surface area contributed by atoms with E-state index in [9.17, 15) is 0 Å². The van der Waals surface area contributed by atoms with Gasteiger partial charge in [0.05, 0.1) is 39.7 Å². The smallest absolute Gasteiger partial charge is 0.181 e. The Bertz CT molecular complexity index is 1060. The SMILES string of the molecule is COc1ccc(NC2(c3nnnn3-c3ccc(OC)c(OC)c3)CCCCC2)cc1OC. The van der Waals surface area contributed by atoms with E-state index >= 15 is 0 Å². The van der Waals surface area contributed by atoms with Crippen molar-refractivity contribution in [2.24, 2.45) is 0 Å². The van der Waals surface area contributed by atoms with Gasteiger partial charge in [0.1, 0.15) is 0 Å². The van der Waals surface area contributed by atoms with E-state index in [1.54, 1.807) is 33.1 Å². The van der Waals surface area contributed by atoms with Crippen LogP contribution in [-0.4, -0.2) is 48.6 Å². The Labute approximate surface area is 187 Å². The Kier molecular flexibility index (Phi) is 6.34. The highest BCUT2D eigenvalue weighted by Crippen LogP contribution is 2.41. The zero-order chi connectivity index (χ0) is 22.6. The lowest BCUT2D eigenvalue weighted by atomic mass is 9.80. The summed E-state index contributed by atoms with van der Waals surface area (Å²) in [5, 5.41) is 16.5. The van der Waals surface area contributed by atoms with E-state index in [1.165, 1.54) is 6.42 Å². The first-order valence-corrected chi connectivity index (χ1v) is 10.7. The Morgan fingerprint density at radius 3 is 2.06 bits per heavy atom. The average Bonchev–Trinajstić information content (AvgIpc) is 3.35. The fourth-order valence-electron chi connectivity index (χ4n) is 4.37. The van der Waals surface area contributed by atoms with Gasteiger partial charge in [-0.25, -0.2) is 0 Å². The van der Waals surface area contributed by atoms with Crippen molar-refractivity contribution in [3.63, 3.8) is 0 Å². The van der Waals surface area contributed by atoms with Gasteiger partial charge in [-0.3, -0.25) is 0 Å². The lowest BCUT2D eigenvalue weighted by Crippen LogP contribution is -2.40. The largest absolute Gasteiger partial charge is 0.493 e. The van der Waals surface area contributed by atoms with E-state index < -0.39 is 5.54 Å². The van der Waals surface area contributed by atoms with Crippen LogP contribution in [-0.2, 0) is 5.54 Å². The summed E-state index contributed by atoms with van der Waals surface area (Å²) in [4.78, 5) is 0. The van der Waals surface area contributed by atoms with Crippen LogP contribution in [0.3, 0.4) is 0 Å². The number of tetrazole rings is 1. The minimum atomic E-state index is -0.422. The Morgan fingerprint density at radius 2 is 1.41 bits per heavy atom. The third-order valence-corrected chi connectivity index (χ3v) is 5.98. The summed E-state index contributed by atoms with van der Waals surface area (Å²) >= 11 is 0. The highest BCUT2D eigenvalue weighted by atomic mass is 16.5. The Morgan fingerprint density at radius 1 is 0.781 bits per heavy atom. The van der Waals surface area contributed by atoms with Crippen molar-refractivity contribution >= 4 is 5.69 Å². The molecule has 3 aromatic rings.